The molecule has 18 heavy (non-hydrogen) atoms. The molecule has 1 aromatic heterocycles. The first kappa shape index (κ1) is 12.6. The first-order chi connectivity index (χ1) is 8.63. The second kappa shape index (κ2) is 4.95. The van der Waals surface area contributed by atoms with E-state index < -0.39 is 0 Å². The van der Waals surface area contributed by atoms with Gasteiger partial charge in [0.25, 0.3) is 0 Å². The van der Waals surface area contributed by atoms with E-state index >= 15 is 0 Å². The van der Waals surface area contributed by atoms with Crippen molar-refractivity contribution in [2.45, 2.75) is 70.6 Å². The number of nitrogens with zero attached hydrogens (tertiary/aromatic N) is 1. The molecule has 0 radical (unpaired) electrons. The van der Waals surface area contributed by atoms with Crippen LogP contribution in [0, 0.1) is 13.8 Å². The van der Waals surface area contributed by atoms with Crippen molar-refractivity contribution in [3.63, 3.8) is 0 Å². The fourth-order valence-electron chi connectivity index (χ4n) is 3.69. The van der Waals surface area contributed by atoms with E-state index in [9.17, 15) is 0 Å². The Morgan fingerprint density at radius 2 is 1.94 bits per heavy atom. The SMILES string of the molecule is Cc1cc(CN2C3CCCC2CC(N)C3)sc1C. The zero-order valence-corrected chi connectivity index (χ0v) is 12.3. The second-order valence-corrected chi connectivity index (χ2v) is 7.44. The monoisotopic (exact) mass is 264 g/mol. The number of thiophene rings is 1. The summed E-state index contributed by atoms with van der Waals surface area (Å²) in [7, 11) is 0. The highest BCUT2D eigenvalue weighted by atomic mass is 32.1. The lowest BCUT2D eigenvalue weighted by Crippen LogP contribution is -2.54. The predicted octanol–water partition coefficient (Wildman–Crippen LogP) is 3.21. The van der Waals surface area contributed by atoms with Crippen LogP contribution in [0.15, 0.2) is 6.07 Å². The molecule has 100 valence electrons. The molecule has 2 unspecified atom stereocenters. The van der Waals surface area contributed by atoms with Crippen LogP contribution in [0.4, 0.5) is 0 Å². The van der Waals surface area contributed by atoms with Gasteiger partial charge in [-0.3, -0.25) is 4.90 Å². The van der Waals surface area contributed by atoms with Crippen molar-refractivity contribution >= 4 is 11.3 Å². The fourth-order valence-corrected chi connectivity index (χ4v) is 4.75. The van der Waals surface area contributed by atoms with E-state index in [4.69, 9.17) is 5.73 Å². The molecule has 2 bridgehead atoms. The molecular formula is C15H24N2S. The van der Waals surface area contributed by atoms with E-state index in [0.717, 1.165) is 18.6 Å². The molecule has 2 aliphatic rings. The minimum atomic E-state index is 0.448. The Labute approximate surface area is 114 Å². The highest BCUT2D eigenvalue weighted by molar-refractivity contribution is 7.12. The van der Waals surface area contributed by atoms with Gasteiger partial charge in [0.15, 0.2) is 0 Å². The zero-order chi connectivity index (χ0) is 12.7. The maximum absolute atomic E-state index is 6.18. The third-order valence-electron chi connectivity index (χ3n) is 4.72. The van der Waals surface area contributed by atoms with Crippen LogP contribution in [0.5, 0.6) is 0 Å². The molecule has 3 heterocycles. The van der Waals surface area contributed by atoms with Gasteiger partial charge in [-0.05, 0) is 51.2 Å². The van der Waals surface area contributed by atoms with E-state index in [1.54, 1.807) is 0 Å². The third kappa shape index (κ3) is 2.36. The van der Waals surface area contributed by atoms with Gasteiger partial charge >= 0.3 is 0 Å². The Bertz CT molecular complexity index is 393. The average molecular weight is 264 g/mol. The van der Waals surface area contributed by atoms with Gasteiger partial charge in [-0.25, -0.2) is 0 Å². The molecule has 2 atom stereocenters. The average Bonchev–Trinajstić information content (AvgIpc) is 2.59. The maximum atomic E-state index is 6.18. The topological polar surface area (TPSA) is 29.3 Å². The van der Waals surface area contributed by atoms with Crippen molar-refractivity contribution in [1.29, 1.82) is 0 Å². The van der Waals surface area contributed by atoms with Crippen LogP contribution in [-0.2, 0) is 6.54 Å². The first-order valence-corrected chi connectivity index (χ1v) is 8.02. The molecule has 3 rings (SSSR count). The highest BCUT2D eigenvalue weighted by Crippen LogP contribution is 2.35. The summed E-state index contributed by atoms with van der Waals surface area (Å²) >= 11 is 1.97. The van der Waals surface area contributed by atoms with Crippen molar-refractivity contribution in [3.8, 4) is 0 Å². The smallest absolute Gasteiger partial charge is 0.0334 e. The van der Waals surface area contributed by atoms with Crippen molar-refractivity contribution in [2.75, 3.05) is 0 Å². The number of rotatable bonds is 2. The molecule has 0 amide bonds. The molecule has 3 heteroatoms. The normalized spacial score (nSPS) is 32.7. The summed E-state index contributed by atoms with van der Waals surface area (Å²) < 4.78 is 0. The summed E-state index contributed by atoms with van der Waals surface area (Å²) in [5.41, 5.74) is 7.64. The van der Waals surface area contributed by atoms with E-state index in [1.807, 2.05) is 11.3 Å². The Morgan fingerprint density at radius 3 is 2.50 bits per heavy atom. The van der Waals surface area contributed by atoms with Gasteiger partial charge < -0.3 is 5.73 Å². The van der Waals surface area contributed by atoms with Crippen molar-refractivity contribution in [3.05, 3.63) is 21.4 Å². The molecule has 0 saturated carbocycles. The second-order valence-electron chi connectivity index (χ2n) is 6.09. The van der Waals surface area contributed by atoms with Crippen LogP contribution in [0.1, 0.15) is 47.4 Å². The van der Waals surface area contributed by atoms with Crippen molar-refractivity contribution < 1.29 is 0 Å². The lowest BCUT2D eigenvalue weighted by molar-refractivity contribution is 0.0253. The quantitative estimate of drug-likeness (QED) is 0.889. The molecule has 0 aromatic carbocycles. The minimum Gasteiger partial charge on any atom is -0.328 e. The number of fused-ring (bicyclic) bond motifs is 2. The number of aryl methyl sites for hydroxylation is 2. The molecule has 2 fully saturated rings. The fraction of sp³-hybridized carbons (Fsp3) is 0.733. The Morgan fingerprint density at radius 1 is 1.28 bits per heavy atom. The van der Waals surface area contributed by atoms with Crippen LogP contribution in [0.3, 0.4) is 0 Å². The Hall–Kier alpha value is -0.380. The van der Waals surface area contributed by atoms with Gasteiger partial charge in [-0.1, -0.05) is 6.42 Å². The lowest BCUT2D eigenvalue weighted by atomic mass is 9.82. The predicted molar refractivity (Wildman–Crippen MR) is 78.0 cm³/mol. The number of hydrogen-bond donors (Lipinski definition) is 1. The maximum Gasteiger partial charge on any atom is 0.0334 e. The van der Waals surface area contributed by atoms with Gasteiger partial charge in [0.05, 0.1) is 0 Å². The molecule has 2 N–H and O–H groups in total. The minimum absolute atomic E-state index is 0.448. The van der Waals surface area contributed by atoms with Gasteiger partial charge in [0, 0.05) is 34.4 Å². The van der Waals surface area contributed by atoms with Crippen molar-refractivity contribution in [1.82, 2.24) is 4.90 Å². The summed E-state index contributed by atoms with van der Waals surface area (Å²) in [6.45, 7) is 5.61. The first-order valence-electron chi connectivity index (χ1n) is 7.20. The van der Waals surface area contributed by atoms with Gasteiger partial charge in [-0.2, -0.15) is 0 Å². The number of nitrogens with two attached hydrogens (primary N) is 1. The standard InChI is InChI=1S/C15H24N2S/c1-10-6-15(18-11(10)2)9-17-13-4-3-5-14(17)8-12(16)7-13/h6,12-14H,3-5,7-9,16H2,1-2H3. The lowest BCUT2D eigenvalue weighted by Gasteiger charge is -2.48. The molecule has 0 aliphatic carbocycles. The molecule has 1 aromatic rings. The Balaban J connectivity index is 1.75. The largest absolute Gasteiger partial charge is 0.328 e. The summed E-state index contributed by atoms with van der Waals surface area (Å²) in [4.78, 5) is 5.76. The van der Waals surface area contributed by atoms with Gasteiger partial charge in [0.2, 0.25) is 0 Å². The van der Waals surface area contributed by atoms with Crippen LogP contribution >= 0.6 is 11.3 Å². The van der Waals surface area contributed by atoms with E-state index in [0.29, 0.717) is 6.04 Å². The number of hydrogen-bond acceptors (Lipinski definition) is 3. The summed E-state index contributed by atoms with van der Waals surface area (Å²) in [5, 5.41) is 0. The van der Waals surface area contributed by atoms with E-state index in [1.165, 1.54) is 47.4 Å². The third-order valence-corrected chi connectivity index (χ3v) is 5.86. The van der Waals surface area contributed by atoms with Crippen LogP contribution in [0.25, 0.3) is 0 Å². The molecule has 2 saturated heterocycles. The van der Waals surface area contributed by atoms with Gasteiger partial charge in [-0.15, -0.1) is 11.3 Å². The summed E-state index contributed by atoms with van der Waals surface area (Å²) in [6.07, 6.45) is 6.53. The number of piperidine rings is 2. The van der Waals surface area contributed by atoms with E-state index in [-0.39, 0.29) is 0 Å². The molecular weight excluding hydrogens is 240 g/mol. The van der Waals surface area contributed by atoms with Crippen molar-refractivity contribution in [2.24, 2.45) is 5.73 Å². The summed E-state index contributed by atoms with van der Waals surface area (Å²) in [5.74, 6) is 0. The molecule has 2 aliphatic heterocycles. The van der Waals surface area contributed by atoms with Crippen LogP contribution in [0.2, 0.25) is 0 Å². The molecule has 0 spiro atoms. The van der Waals surface area contributed by atoms with Gasteiger partial charge in [0.1, 0.15) is 0 Å². The van der Waals surface area contributed by atoms with Crippen LogP contribution in [-0.4, -0.2) is 23.0 Å². The Kier molecular flexibility index (Phi) is 3.48. The van der Waals surface area contributed by atoms with E-state index in [2.05, 4.69) is 24.8 Å². The highest BCUT2D eigenvalue weighted by Gasteiger charge is 2.36. The van der Waals surface area contributed by atoms with Crippen LogP contribution < -0.4 is 5.73 Å². The zero-order valence-electron chi connectivity index (χ0n) is 11.5. The summed E-state index contributed by atoms with van der Waals surface area (Å²) in [6, 6.07) is 4.32. The molecule has 2 nitrogen and oxygen atoms in total.